The van der Waals surface area contributed by atoms with Gasteiger partial charge in [-0.1, -0.05) is 0 Å². The molecule has 2 rings (SSSR count). The van der Waals surface area contributed by atoms with E-state index in [0.717, 1.165) is 0 Å². The number of halogens is 2. The van der Waals surface area contributed by atoms with Crippen molar-refractivity contribution >= 4 is 41.8 Å². The van der Waals surface area contributed by atoms with Crippen LogP contribution < -0.4 is 22.3 Å². The van der Waals surface area contributed by atoms with Crippen LogP contribution in [0.3, 0.4) is 0 Å². The molecule has 2 aromatic rings. The van der Waals surface area contributed by atoms with E-state index in [9.17, 15) is 14.4 Å². The van der Waals surface area contributed by atoms with E-state index in [1.165, 1.54) is 12.3 Å². The van der Waals surface area contributed by atoms with Crippen LogP contribution in [0.2, 0.25) is 0 Å². The van der Waals surface area contributed by atoms with E-state index in [1.807, 2.05) is 0 Å². The first-order valence-corrected chi connectivity index (χ1v) is 5.97. The molecule has 0 aliphatic rings. The van der Waals surface area contributed by atoms with Gasteiger partial charge in [0.1, 0.15) is 5.65 Å². The molecule has 0 fully saturated rings. The maximum atomic E-state index is 12.1. The number of carbonyl (C=O) groups is 1. The average molecular weight is 350 g/mol. The zero-order chi connectivity index (χ0) is 14.9. The maximum Gasteiger partial charge on any atom is 0.327 e. The Morgan fingerprint density at radius 1 is 1.32 bits per heavy atom. The van der Waals surface area contributed by atoms with E-state index in [0.29, 0.717) is 0 Å². The molecule has 0 aromatic carbocycles. The van der Waals surface area contributed by atoms with Crippen LogP contribution in [0.5, 0.6) is 0 Å². The highest BCUT2D eigenvalue weighted by Gasteiger charge is 2.20. The van der Waals surface area contributed by atoms with Gasteiger partial charge in [0.05, 0.1) is 10.9 Å². The van der Waals surface area contributed by atoms with Gasteiger partial charge in [0, 0.05) is 18.3 Å². The summed E-state index contributed by atoms with van der Waals surface area (Å²) in [6.45, 7) is 3.83. The molecule has 2 heterocycles. The average Bonchev–Trinajstić information content (AvgIpc) is 2.37. The van der Waals surface area contributed by atoms with Crippen LogP contribution in [0.15, 0.2) is 21.9 Å². The molecule has 10 heteroatoms. The quantitative estimate of drug-likeness (QED) is 0.614. The fourth-order valence-corrected chi connectivity index (χ4v) is 1.60. The number of rotatable bonds is 3. The number of hydrogen-bond acceptors (Lipinski definition) is 5. The summed E-state index contributed by atoms with van der Waals surface area (Å²) in [6, 6.07) is 1.37. The monoisotopic (exact) mass is 349 g/mol. The fourth-order valence-electron chi connectivity index (χ4n) is 1.60. The van der Waals surface area contributed by atoms with Crippen LogP contribution >= 0.6 is 24.8 Å². The Labute approximate surface area is 137 Å². The molecule has 0 aliphatic carbocycles. The van der Waals surface area contributed by atoms with E-state index >= 15 is 0 Å². The van der Waals surface area contributed by atoms with Gasteiger partial charge in [-0.2, -0.15) is 0 Å². The third kappa shape index (κ3) is 4.30. The van der Waals surface area contributed by atoms with E-state index in [1.54, 1.807) is 13.8 Å². The minimum atomic E-state index is -0.642. The van der Waals surface area contributed by atoms with Gasteiger partial charge >= 0.3 is 5.69 Å². The molecule has 0 saturated heterocycles. The number of fused-ring (bicyclic) bond motifs is 1. The molecular formula is C12H17Cl2N5O3. The van der Waals surface area contributed by atoms with Gasteiger partial charge < -0.3 is 11.1 Å². The van der Waals surface area contributed by atoms with Crippen molar-refractivity contribution in [2.75, 3.05) is 6.54 Å². The Morgan fingerprint density at radius 2 is 1.95 bits per heavy atom. The van der Waals surface area contributed by atoms with E-state index < -0.39 is 16.8 Å². The Morgan fingerprint density at radius 3 is 2.55 bits per heavy atom. The predicted octanol–water partition coefficient (Wildman–Crippen LogP) is -0.0779. The molecule has 22 heavy (non-hydrogen) atoms. The summed E-state index contributed by atoms with van der Waals surface area (Å²) in [5.74, 6) is -0.388. The first kappa shape index (κ1) is 20.1. The van der Waals surface area contributed by atoms with Crippen molar-refractivity contribution in [1.82, 2.24) is 20.3 Å². The summed E-state index contributed by atoms with van der Waals surface area (Å²) in [7, 11) is 0. The lowest BCUT2D eigenvalue weighted by atomic mass is 10.1. The van der Waals surface area contributed by atoms with Crippen molar-refractivity contribution in [1.29, 1.82) is 0 Å². The Kier molecular flexibility index (Phi) is 6.75. The van der Waals surface area contributed by atoms with Crippen molar-refractivity contribution in [2.45, 2.75) is 19.4 Å². The number of amides is 1. The number of carbonyl (C=O) groups excluding carboxylic acids is 1. The third-order valence-corrected chi connectivity index (χ3v) is 2.82. The van der Waals surface area contributed by atoms with Crippen LogP contribution in [0, 0.1) is 0 Å². The Hall–Kier alpha value is -1.90. The highest BCUT2D eigenvalue weighted by Crippen LogP contribution is 2.07. The van der Waals surface area contributed by atoms with Gasteiger partial charge in [0.25, 0.3) is 11.5 Å². The standard InChI is InChI=1S/C12H15N5O3.2ClH/c1-12(2,5-13)17-9(18)6-3-7-8(14-4-6)15-11(20)16-10(7)19;;/h3-4H,5,13H2,1-2H3,(H,17,18)(H2,14,15,16,19,20);2*1H. The van der Waals surface area contributed by atoms with Crippen molar-refractivity contribution in [3.63, 3.8) is 0 Å². The van der Waals surface area contributed by atoms with Crippen LogP contribution in [0.25, 0.3) is 11.0 Å². The molecule has 0 atom stereocenters. The van der Waals surface area contributed by atoms with Crippen molar-refractivity contribution in [3.05, 3.63) is 38.7 Å². The minimum absolute atomic E-state index is 0. The highest BCUT2D eigenvalue weighted by molar-refractivity contribution is 5.97. The molecule has 5 N–H and O–H groups in total. The van der Waals surface area contributed by atoms with Gasteiger partial charge in [-0.15, -0.1) is 24.8 Å². The van der Waals surface area contributed by atoms with Crippen LogP contribution in [-0.4, -0.2) is 32.9 Å². The van der Waals surface area contributed by atoms with Gasteiger partial charge in [0.15, 0.2) is 0 Å². The molecule has 0 aliphatic heterocycles. The fraction of sp³-hybridized carbons (Fsp3) is 0.333. The van der Waals surface area contributed by atoms with Crippen LogP contribution in [0.4, 0.5) is 0 Å². The summed E-state index contributed by atoms with van der Waals surface area (Å²) in [6.07, 6.45) is 1.29. The van der Waals surface area contributed by atoms with Crippen LogP contribution in [0.1, 0.15) is 24.2 Å². The third-order valence-electron chi connectivity index (χ3n) is 2.82. The number of aromatic nitrogens is 3. The lowest BCUT2D eigenvalue weighted by Crippen LogP contribution is -2.48. The smallest absolute Gasteiger partial charge is 0.327 e. The number of aromatic amines is 2. The molecule has 0 bridgehead atoms. The van der Waals surface area contributed by atoms with Crippen molar-refractivity contribution in [2.24, 2.45) is 5.73 Å². The zero-order valence-electron chi connectivity index (χ0n) is 11.9. The first-order chi connectivity index (χ1) is 9.32. The molecular weight excluding hydrogens is 333 g/mol. The number of pyridine rings is 1. The van der Waals surface area contributed by atoms with E-state index in [-0.39, 0.29) is 53.9 Å². The number of H-pyrrole nitrogens is 2. The Balaban J connectivity index is 0.00000220. The summed E-state index contributed by atoms with van der Waals surface area (Å²) in [4.78, 5) is 43.2. The summed E-state index contributed by atoms with van der Waals surface area (Å²) >= 11 is 0. The lowest BCUT2D eigenvalue weighted by molar-refractivity contribution is 0.0915. The number of nitrogens with two attached hydrogens (primary N) is 1. The lowest BCUT2D eigenvalue weighted by Gasteiger charge is -2.24. The predicted molar refractivity (Wildman–Crippen MR) is 88.1 cm³/mol. The zero-order valence-corrected chi connectivity index (χ0v) is 13.6. The van der Waals surface area contributed by atoms with Gasteiger partial charge in [-0.3, -0.25) is 19.6 Å². The topological polar surface area (TPSA) is 134 Å². The molecule has 1 amide bonds. The molecule has 0 saturated carbocycles. The van der Waals surface area contributed by atoms with Gasteiger partial charge in [-0.05, 0) is 19.9 Å². The normalized spacial score (nSPS) is 10.5. The second-order valence-electron chi connectivity index (χ2n) is 5.07. The van der Waals surface area contributed by atoms with Crippen molar-refractivity contribution in [3.8, 4) is 0 Å². The number of nitrogens with zero attached hydrogens (tertiary/aromatic N) is 1. The van der Waals surface area contributed by atoms with Crippen LogP contribution in [-0.2, 0) is 0 Å². The summed E-state index contributed by atoms with van der Waals surface area (Å²) in [5, 5.41) is 2.87. The number of hydrogen-bond donors (Lipinski definition) is 4. The maximum absolute atomic E-state index is 12.1. The number of nitrogens with one attached hydrogen (secondary N) is 3. The van der Waals surface area contributed by atoms with E-state index in [2.05, 4.69) is 20.3 Å². The largest absolute Gasteiger partial charge is 0.346 e. The Bertz CT molecular complexity index is 784. The van der Waals surface area contributed by atoms with E-state index in [4.69, 9.17) is 5.73 Å². The molecule has 8 nitrogen and oxygen atoms in total. The molecule has 2 aromatic heterocycles. The second kappa shape index (κ2) is 7.39. The minimum Gasteiger partial charge on any atom is -0.346 e. The summed E-state index contributed by atoms with van der Waals surface area (Å²) < 4.78 is 0. The highest BCUT2D eigenvalue weighted by atomic mass is 35.5. The van der Waals surface area contributed by atoms with Crippen molar-refractivity contribution < 1.29 is 4.79 Å². The molecule has 0 spiro atoms. The van der Waals surface area contributed by atoms with Gasteiger partial charge in [0.2, 0.25) is 0 Å². The second-order valence-corrected chi connectivity index (χ2v) is 5.07. The molecule has 0 unspecified atom stereocenters. The SMILES string of the molecule is CC(C)(CN)NC(=O)c1cnc2[nH]c(=O)[nH]c(=O)c2c1.Cl.Cl. The molecule has 122 valence electrons. The van der Waals surface area contributed by atoms with Gasteiger partial charge in [-0.25, -0.2) is 9.78 Å². The first-order valence-electron chi connectivity index (χ1n) is 5.97. The molecule has 0 radical (unpaired) electrons. The summed E-state index contributed by atoms with van der Waals surface area (Å²) in [5.41, 5.74) is 4.09.